The van der Waals surface area contributed by atoms with E-state index in [4.69, 9.17) is 4.74 Å². The van der Waals surface area contributed by atoms with Crippen molar-refractivity contribution in [2.75, 3.05) is 6.61 Å². The van der Waals surface area contributed by atoms with Gasteiger partial charge in [0.2, 0.25) is 17.7 Å². The molecule has 0 aliphatic carbocycles. The number of benzene rings is 1. The number of fused-ring (bicyclic) bond motifs is 1. The van der Waals surface area contributed by atoms with E-state index >= 15 is 0 Å². The molecule has 2 bridgehead atoms. The molecule has 3 aliphatic heterocycles. The topological polar surface area (TPSA) is 108 Å². The van der Waals surface area contributed by atoms with Crippen molar-refractivity contribution >= 4 is 17.7 Å². The normalized spacial score (nSPS) is 35.0. The Hall–Kier alpha value is -2.45. The number of aliphatic hydroxyl groups excluding tert-OH is 1. The van der Waals surface area contributed by atoms with Crippen molar-refractivity contribution in [3.63, 3.8) is 0 Å². The molecular formula is C27H39N3O5. The van der Waals surface area contributed by atoms with E-state index in [0.29, 0.717) is 13.0 Å². The Balaban J connectivity index is 1.68. The monoisotopic (exact) mass is 485 g/mol. The Kier molecular flexibility index (Phi) is 6.99. The lowest BCUT2D eigenvalue weighted by Gasteiger charge is -2.36. The van der Waals surface area contributed by atoms with Crippen LogP contribution in [0.25, 0.3) is 0 Å². The maximum atomic E-state index is 13.9. The van der Waals surface area contributed by atoms with Gasteiger partial charge in [0.25, 0.3) is 0 Å². The third-order valence-electron chi connectivity index (χ3n) is 8.44. The van der Waals surface area contributed by atoms with E-state index in [1.54, 1.807) is 6.92 Å². The van der Waals surface area contributed by atoms with Gasteiger partial charge < -0.3 is 25.4 Å². The van der Waals surface area contributed by atoms with Crippen molar-refractivity contribution in [1.29, 1.82) is 0 Å². The number of ether oxygens (including phenoxy) is 1. The van der Waals surface area contributed by atoms with E-state index in [1.165, 1.54) is 4.90 Å². The summed E-state index contributed by atoms with van der Waals surface area (Å²) in [5, 5.41) is 16.0. The molecule has 3 amide bonds. The zero-order valence-electron chi connectivity index (χ0n) is 21.4. The van der Waals surface area contributed by atoms with E-state index in [9.17, 15) is 19.5 Å². The summed E-state index contributed by atoms with van der Waals surface area (Å²) in [7, 11) is 0. The number of amides is 3. The van der Waals surface area contributed by atoms with Crippen LogP contribution in [0.15, 0.2) is 30.3 Å². The van der Waals surface area contributed by atoms with Crippen LogP contribution in [-0.4, -0.2) is 63.7 Å². The van der Waals surface area contributed by atoms with Crippen molar-refractivity contribution in [3.8, 4) is 0 Å². The molecule has 4 rings (SSSR count). The SMILES string of the molecule is CCCC(C)NC(=O)C1N([C@H](C)CO)C(=O)[C@@H]2[C@H](C(=O)NCc3ccccc3)[C@@]3(C)OC12CC3C. The lowest BCUT2D eigenvalue weighted by atomic mass is 9.62. The van der Waals surface area contributed by atoms with Gasteiger partial charge >= 0.3 is 0 Å². The van der Waals surface area contributed by atoms with Crippen molar-refractivity contribution in [1.82, 2.24) is 15.5 Å². The summed E-state index contributed by atoms with van der Waals surface area (Å²) in [6.07, 6.45) is 2.25. The van der Waals surface area contributed by atoms with Crippen molar-refractivity contribution in [2.45, 2.75) is 89.8 Å². The molecule has 3 saturated heterocycles. The van der Waals surface area contributed by atoms with Crippen molar-refractivity contribution in [2.24, 2.45) is 17.8 Å². The van der Waals surface area contributed by atoms with Crippen LogP contribution < -0.4 is 10.6 Å². The summed E-state index contributed by atoms with van der Waals surface area (Å²) in [4.78, 5) is 42.7. The lowest BCUT2D eigenvalue weighted by Crippen LogP contribution is -2.58. The first-order valence-electron chi connectivity index (χ1n) is 12.9. The van der Waals surface area contributed by atoms with Gasteiger partial charge in [-0.1, -0.05) is 50.6 Å². The summed E-state index contributed by atoms with van der Waals surface area (Å²) < 4.78 is 6.67. The number of carbonyl (C=O) groups excluding carboxylic acids is 3. The highest BCUT2D eigenvalue weighted by Gasteiger charge is 2.80. The minimum absolute atomic E-state index is 0.0215. The third-order valence-corrected chi connectivity index (χ3v) is 8.44. The van der Waals surface area contributed by atoms with Crippen molar-refractivity contribution in [3.05, 3.63) is 35.9 Å². The van der Waals surface area contributed by atoms with Gasteiger partial charge in [-0.25, -0.2) is 0 Å². The summed E-state index contributed by atoms with van der Waals surface area (Å²) >= 11 is 0. The fourth-order valence-electron chi connectivity index (χ4n) is 6.66. The first kappa shape index (κ1) is 25.6. The highest BCUT2D eigenvalue weighted by molar-refractivity contribution is 5.99. The molecule has 0 aromatic heterocycles. The van der Waals surface area contributed by atoms with Gasteiger partial charge in [0.15, 0.2) is 0 Å². The average molecular weight is 486 g/mol. The molecular weight excluding hydrogens is 446 g/mol. The van der Waals surface area contributed by atoms with Gasteiger partial charge in [-0.15, -0.1) is 0 Å². The first-order valence-corrected chi connectivity index (χ1v) is 12.9. The molecule has 1 aromatic carbocycles. The van der Waals surface area contributed by atoms with E-state index in [0.717, 1.165) is 18.4 Å². The Morgan fingerprint density at radius 2 is 1.91 bits per heavy atom. The molecule has 8 heteroatoms. The number of nitrogens with one attached hydrogen (secondary N) is 2. The van der Waals surface area contributed by atoms with Crippen LogP contribution in [0.5, 0.6) is 0 Å². The van der Waals surface area contributed by atoms with Gasteiger partial charge in [0.1, 0.15) is 11.6 Å². The highest BCUT2D eigenvalue weighted by Crippen LogP contribution is 2.65. The molecule has 3 heterocycles. The maximum Gasteiger partial charge on any atom is 0.246 e. The summed E-state index contributed by atoms with van der Waals surface area (Å²) in [5.74, 6) is -2.31. The molecule has 4 unspecified atom stereocenters. The third kappa shape index (κ3) is 4.04. The van der Waals surface area contributed by atoms with E-state index in [1.807, 2.05) is 51.1 Å². The fourth-order valence-corrected chi connectivity index (χ4v) is 6.66. The predicted molar refractivity (Wildman–Crippen MR) is 131 cm³/mol. The zero-order chi connectivity index (χ0) is 25.5. The minimum atomic E-state index is -1.10. The Bertz CT molecular complexity index is 971. The molecule has 1 aromatic rings. The summed E-state index contributed by atoms with van der Waals surface area (Å²) in [6, 6.07) is 8.11. The number of hydrogen-bond acceptors (Lipinski definition) is 5. The van der Waals surface area contributed by atoms with Crippen LogP contribution in [0.2, 0.25) is 0 Å². The summed E-state index contributed by atoms with van der Waals surface area (Å²) in [5.41, 5.74) is -0.990. The Labute approximate surface area is 207 Å². The maximum absolute atomic E-state index is 13.9. The van der Waals surface area contributed by atoms with E-state index in [-0.39, 0.29) is 36.3 Å². The standard InChI is InChI=1S/C27H39N3O5/c1-6-10-17(3)29-24(33)22-27-13-16(2)26(5,35-27)20(21(27)25(34)30(22)18(4)15-31)23(32)28-14-19-11-8-7-9-12-19/h7-9,11-12,16-18,20-22,31H,6,10,13-15H2,1-5H3,(H,28,32)(H,29,33)/t16?,17?,18-,20-,21+,22?,26+,27?/m1/s1. The van der Waals surface area contributed by atoms with Crippen LogP contribution >= 0.6 is 0 Å². The molecule has 192 valence electrons. The molecule has 0 radical (unpaired) electrons. The number of rotatable bonds is 9. The second-order valence-corrected chi connectivity index (χ2v) is 10.9. The van der Waals surface area contributed by atoms with Gasteiger partial charge in [-0.2, -0.15) is 0 Å². The number of hydrogen-bond donors (Lipinski definition) is 3. The average Bonchev–Trinajstić information content (AvgIpc) is 3.34. The zero-order valence-corrected chi connectivity index (χ0v) is 21.4. The fraction of sp³-hybridized carbons (Fsp3) is 0.667. The smallest absolute Gasteiger partial charge is 0.246 e. The van der Waals surface area contributed by atoms with E-state index in [2.05, 4.69) is 17.6 Å². The predicted octanol–water partition coefficient (Wildman–Crippen LogP) is 2.00. The van der Waals surface area contributed by atoms with Crippen LogP contribution in [0.3, 0.4) is 0 Å². The van der Waals surface area contributed by atoms with Crippen LogP contribution in [0.4, 0.5) is 0 Å². The lowest BCUT2D eigenvalue weighted by molar-refractivity contribution is -0.150. The molecule has 3 aliphatic rings. The van der Waals surface area contributed by atoms with Crippen LogP contribution in [0.1, 0.15) is 59.4 Å². The number of aliphatic hydroxyl groups is 1. The molecule has 0 saturated carbocycles. The van der Waals surface area contributed by atoms with Gasteiger partial charge in [-0.3, -0.25) is 14.4 Å². The van der Waals surface area contributed by atoms with E-state index < -0.39 is 35.1 Å². The summed E-state index contributed by atoms with van der Waals surface area (Å²) in [6.45, 7) is 9.74. The molecule has 1 spiro atoms. The largest absolute Gasteiger partial charge is 0.394 e. The molecule has 3 fully saturated rings. The number of carbonyl (C=O) groups is 3. The van der Waals surface area contributed by atoms with Crippen molar-refractivity contribution < 1.29 is 24.2 Å². The Morgan fingerprint density at radius 3 is 2.54 bits per heavy atom. The number of nitrogens with zero attached hydrogens (tertiary/aromatic N) is 1. The van der Waals surface area contributed by atoms with Gasteiger partial charge in [-0.05, 0) is 45.1 Å². The van der Waals surface area contributed by atoms with Crippen LogP contribution in [0, 0.1) is 17.8 Å². The number of likely N-dealkylation sites (tertiary alicyclic amines) is 1. The Morgan fingerprint density at radius 1 is 1.23 bits per heavy atom. The molecule has 8 atom stereocenters. The van der Waals surface area contributed by atoms with Gasteiger partial charge in [0, 0.05) is 12.6 Å². The minimum Gasteiger partial charge on any atom is -0.394 e. The first-order chi connectivity index (χ1) is 16.6. The second-order valence-electron chi connectivity index (χ2n) is 10.9. The molecule has 8 nitrogen and oxygen atoms in total. The van der Waals surface area contributed by atoms with Crippen LogP contribution in [-0.2, 0) is 25.7 Å². The van der Waals surface area contributed by atoms with Gasteiger partial charge in [0.05, 0.1) is 30.1 Å². The molecule has 35 heavy (non-hydrogen) atoms. The molecule has 3 N–H and O–H groups in total. The quantitative estimate of drug-likeness (QED) is 0.496. The second kappa shape index (κ2) is 9.54. The highest BCUT2D eigenvalue weighted by atomic mass is 16.5.